The fraction of sp³-hybridized carbons (Fsp3) is 0.579. The molecule has 0 aromatic heterocycles. The Morgan fingerprint density at radius 2 is 1.96 bits per heavy atom. The number of hydrogen-bond acceptors (Lipinski definition) is 3. The van der Waals surface area contributed by atoms with E-state index in [4.69, 9.17) is 0 Å². The number of piperidine rings is 1. The van der Waals surface area contributed by atoms with Gasteiger partial charge in [0.05, 0.1) is 0 Å². The summed E-state index contributed by atoms with van der Waals surface area (Å²) in [7, 11) is 0. The van der Waals surface area contributed by atoms with Gasteiger partial charge in [0.25, 0.3) is 5.91 Å². The third-order valence-electron chi connectivity index (χ3n) is 5.04. The monoisotopic (exact) mass is 365 g/mol. The normalized spacial score (nSPS) is 23.0. The van der Waals surface area contributed by atoms with Crippen LogP contribution in [-0.2, 0) is 4.79 Å². The van der Waals surface area contributed by atoms with Crippen molar-refractivity contribution < 1.29 is 9.59 Å². The molecular weight excluding hydrogens is 338 g/mol. The molecule has 3 rings (SSSR count). The van der Waals surface area contributed by atoms with Gasteiger partial charge in [-0.1, -0.05) is 18.2 Å². The molecule has 5 nitrogen and oxygen atoms in total. The zero-order valence-corrected chi connectivity index (χ0v) is 15.4. The van der Waals surface area contributed by atoms with E-state index in [0.717, 1.165) is 38.9 Å². The third kappa shape index (κ3) is 5.72. The predicted molar refractivity (Wildman–Crippen MR) is 101 cm³/mol. The topological polar surface area (TPSA) is 61.4 Å². The Bertz CT molecular complexity index is 561. The average Bonchev–Trinajstić information content (AvgIpc) is 3.13. The van der Waals surface area contributed by atoms with Gasteiger partial charge in [-0.25, -0.2) is 0 Å². The van der Waals surface area contributed by atoms with E-state index in [-0.39, 0.29) is 24.2 Å². The summed E-state index contributed by atoms with van der Waals surface area (Å²) in [6, 6.07) is 9.64. The van der Waals surface area contributed by atoms with E-state index >= 15 is 0 Å². The fourth-order valence-electron chi connectivity index (χ4n) is 3.66. The highest BCUT2D eigenvalue weighted by atomic mass is 35.5. The number of rotatable bonds is 5. The van der Waals surface area contributed by atoms with Gasteiger partial charge in [0.15, 0.2) is 0 Å². The summed E-state index contributed by atoms with van der Waals surface area (Å²) in [6.45, 7) is 3.29. The lowest BCUT2D eigenvalue weighted by molar-refractivity contribution is -0.133. The molecule has 2 amide bonds. The van der Waals surface area contributed by atoms with Crippen molar-refractivity contribution in [1.82, 2.24) is 15.5 Å². The Kier molecular flexibility index (Phi) is 7.72. The van der Waals surface area contributed by atoms with E-state index in [1.165, 1.54) is 6.42 Å². The molecule has 2 unspecified atom stereocenters. The van der Waals surface area contributed by atoms with Crippen LogP contribution in [0.1, 0.15) is 42.5 Å². The smallest absolute Gasteiger partial charge is 0.251 e. The molecule has 2 aliphatic rings. The second-order valence-corrected chi connectivity index (χ2v) is 6.92. The zero-order valence-electron chi connectivity index (χ0n) is 14.6. The molecule has 2 aliphatic heterocycles. The van der Waals surface area contributed by atoms with E-state index in [1.54, 1.807) is 0 Å². The first kappa shape index (κ1) is 19.7. The first-order chi connectivity index (χ1) is 11.7. The van der Waals surface area contributed by atoms with Gasteiger partial charge in [0.2, 0.25) is 5.91 Å². The molecule has 2 atom stereocenters. The van der Waals surface area contributed by atoms with Crippen molar-refractivity contribution in [2.45, 2.75) is 38.1 Å². The standard InChI is InChI=1S/C19H27N3O2.ClH/c23-18(12-17-9-4-10-20-17)22-11-5-6-15(14-22)13-21-19(24)16-7-2-1-3-8-16;/h1-3,7-8,15,17,20H,4-6,9-14H2,(H,21,24);1H. The number of likely N-dealkylation sites (tertiary alicyclic amines) is 1. The third-order valence-corrected chi connectivity index (χ3v) is 5.04. The highest BCUT2D eigenvalue weighted by Gasteiger charge is 2.26. The Labute approximate surface area is 155 Å². The van der Waals surface area contributed by atoms with Crippen LogP contribution in [-0.4, -0.2) is 48.9 Å². The van der Waals surface area contributed by atoms with Gasteiger partial charge >= 0.3 is 0 Å². The number of benzene rings is 1. The van der Waals surface area contributed by atoms with Crippen molar-refractivity contribution in [3.63, 3.8) is 0 Å². The Hall–Kier alpha value is -1.59. The maximum absolute atomic E-state index is 12.5. The van der Waals surface area contributed by atoms with Crippen LogP contribution in [0, 0.1) is 5.92 Å². The number of carbonyl (C=O) groups excluding carboxylic acids is 2. The molecule has 138 valence electrons. The van der Waals surface area contributed by atoms with E-state index in [0.29, 0.717) is 30.5 Å². The molecule has 0 bridgehead atoms. The molecule has 0 spiro atoms. The molecule has 25 heavy (non-hydrogen) atoms. The van der Waals surface area contributed by atoms with E-state index in [2.05, 4.69) is 10.6 Å². The van der Waals surface area contributed by atoms with Crippen molar-refractivity contribution in [2.24, 2.45) is 5.92 Å². The van der Waals surface area contributed by atoms with Gasteiger partial charge in [0.1, 0.15) is 0 Å². The first-order valence-electron chi connectivity index (χ1n) is 9.07. The highest BCUT2D eigenvalue weighted by Crippen LogP contribution is 2.18. The summed E-state index contributed by atoms with van der Waals surface area (Å²) < 4.78 is 0. The van der Waals surface area contributed by atoms with Gasteiger partial charge in [-0.05, 0) is 50.3 Å². The Morgan fingerprint density at radius 3 is 2.68 bits per heavy atom. The van der Waals surface area contributed by atoms with Crippen molar-refractivity contribution >= 4 is 24.2 Å². The molecule has 2 fully saturated rings. The summed E-state index contributed by atoms with van der Waals surface area (Å²) in [5, 5.41) is 6.40. The van der Waals surface area contributed by atoms with Crippen molar-refractivity contribution in [3.05, 3.63) is 35.9 Å². The number of hydrogen-bond donors (Lipinski definition) is 2. The number of carbonyl (C=O) groups is 2. The van der Waals surface area contributed by atoms with E-state index in [9.17, 15) is 9.59 Å². The van der Waals surface area contributed by atoms with Gasteiger partial charge in [0, 0.05) is 37.7 Å². The van der Waals surface area contributed by atoms with Crippen LogP contribution in [0.2, 0.25) is 0 Å². The van der Waals surface area contributed by atoms with Crippen LogP contribution < -0.4 is 10.6 Å². The maximum atomic E-state index is 12.5. The first-order valence-corrected chi connectivity index (χ1v) is 9.07. The number of nitrogens with zero attached hydrogens (tertiary/aromatic N) is 1. The van der Waals surface area contributed by atoms with Crippen molar-refractivity contribution in [3.8, 4) is 0 Å². The van der Waals surface area contributed by atoms with Gasteiger partial charge < -0.3 is 15.5 Å². The lowest BCUT2D eigenvalue weighted by Crippen LogP contribution is -2.45. The SMILES string of the molecule is Cl.O=C(NCC1CCCN(C(=O)CC2CCCN2)C1)c1ccccc1. The van der Waals surface area contributed by atoms with Crippen molar-refractivity contribution in [2.75, 3.05) is 26.2 Å². The number of amides is 2. The molecule has 1 aromatic carbocycles. The lowest BCUT2D eigenvalue weighted by Gasteiger charge is -2.33. The van der Waals surface area contributed by atoms with Crippen LogP contribution >= 0.6 is 12.4 Å². The van der Waals surface area contributed by atoms with Gasteiger partial charge in [-0.2, -0.15) is 0 Å². The van der Waals surface area contributed by atoms with Gasteiger partial charge in [-0.15, -0.1) is 12.4 Å². The molecular formula is C19H28ClN3O2. The second-order valence-electron chi connectivity index (χ2n) is 6.92. The molecule has 0 saturated carbocycles. The summed E-state index contributed by atoms with van der Waals surface area (Å²) in [5.41, 5.74) is 0.688. The molecule has 0 aliphatic carbocycles. The predicted octanol–water partition coefficient (Wildman–Crippen LogP) is 2.22. The Balaban J connectivity index is 0.00000225. The fourth-order valence-corrected chi connectivity index (χ4v) is 3.66. The van der Waals surface area contributed by atoms with E-state index in [1.807, 2.05) is 35.2 Å². The molecule has 0 radical (unpaired) electrons. The molecule has 6 heteroatoms. The second kappa shape index (κ2) is 9.78. The van der Waals surface area contributed by atoms with E-state index < -0.39 is 0 Å². The summed E-state index contributed by atoms with van der Waals surface area (Å²) in [6.07, 6.45) is 4.99. The highest BCUT2D eigenvalue weighted by molar-refractivity contribution is 5.94. The van der Waals surface area contributed by atoms with Crippen LogP contribution in [0.5, 0.6) is 0 Å². The minimum atomic E-state index is -0.0331. The molecule has 2 saturated heterocycles. The van der Waals surface area contributed by atoms with Crippen LogP contribution in [0.4, 0.5) is 0 Å². The quantitative estimate of drug-likeness (QED) is 0.841. The van der Waals surface area contributed by atoms with Gasteiger partial charge in [-0.3, -0.25) is 9.59 Å². The van der Waals surface area contributed by atoms with Crippen LogP contribution in [0.3, 0.4) is 0 Å². The summed E-state index contributed by atoms with van der Waals surface area (Å²) >= 11 is 0. The maximum Gasteiger partial charge on any atom is 0.251 e. The van der Waals surface area contributed by atoms with Crippen LogP contribution in [0.25, 0.3) is 0 Å². The van der Waals surface area contributed by atoms with Crippen molar-refractivity contribution in [1.29, 1.82) is 0 Å². The minimum Gasteiger partial charge on any atom is -0.352 e. The zero-order chi connectivity index (χ0) is 16.8. The average molecular weight is 366 g/mol. The van der Waals surface area contributed by atoms with Crippen LogP contribution in [0.15, 0.2) is 30.3 Å². The summed E-state index contributed by atoms with van der Waals surface area (Å²) in [5.74, 6) is 0.578. The Morgan fingerprint density at radius 1 is 1.16 bits per heavy atom. The largest absolute Gasteiger partial charge is 0.352 e. The number of halogens is 1. The molecule has 1 aromatic rings. The lowest BCUT2D eigenvalue weighted by atomic mass is 9.97. The molecule has 2 heterocycles. The summed E-state index contributed by atoms with van der Waals surface area (Å²) in [4.78, 5) is 26.6. The minimum absolute atomic E-state index is 0. The number of nitrogens with one attached hydrogen (secondary N) is 2. The molecule has 2 N–H and O–H groups in total.